The van der Waals surface area contributed by atoms with Crippen LogP contribution in [-0.2, 0) is 14.3 Å². The maximum atomic E-state index is 12.8. The molecular formula is C25H28N2O5. The molecule has 0 spiro atoms. The normalized spacial score (nSPS) is 19.2. The number of nitrogens with zero attached hydrogens (tertiary/aromatic N) is 1. The number of ether oxygens (including phenoxy) is 1. The molecule has 1 saturated carbocycles. The van der Waals surface area contributed by atoms with E-state index in [0.717, 1.165) is 28.7 Å². The maximum absolute atomic E-state index is 12.8. The summed E-state index contributed by atoms with van der Waals surface area (Å²) in [6, 6.07) is 15.9. The van der Waals surface area contributed by atoms with Gasteiger partial charge in [0.25, 0.3) is 0 Å². The van der Waals surface area contributed by atoms with E-state index in [9.17, 15) is 14.4 Å². The van der Waals surface area contributed by atoms with Gasteiger partial charge in [0.15, 0.2) is 0 Å². The average molecular weight is 437 g/mol. The van der Waals surface area contributed by atoms with Crippen LogP contribution in [0.4, 0.5) is 4.79 Å². The SMILES string of the molecule is CCN(CC(=O)O)C(=O)[C@@H]1CCC[C@@H]1NC(=O)OCC1c2ccccc2-c2ccccc21. The van der Waals surface area contributed by atoms with Crippen molar-refractivity contribution in [2.45, 2.75) is 38.1 Å². The largest absolute Gasteiger partial charge is 0.480 e. The van der Waals surface area contributed by atoms with E-state index < -0.39 is 18.0 Å². The molecular weight excluding hydrogens is 408 g/mol. The van der Waals surface area contributed by atoms with Crippen LogP contribution >= 0.6 is 0 Å². The number of hydrogen-bond donors (Lipinski definition) is 2. The summed E-state index contributed by atoms with van der Waals surface area (Å²) in [5, 5.41) is 11.9. The number of alkyl carbamates (subject to hydrolysis) is 1. The lowest BCUT2D eigenvalue weighted by atomic mass is 9.98. The van der Waals surface area contributed by atoms with Crippen molar-refractivity contribution in [2.75, 3.05) is 19.7 Å². The zero-order valence-corrected chi connectivity index (χ0v) is 18.1. The molecule has 2 aliphatic rings. The summed E-state index contributed by atoms with van der Waals surface area (Å²) in [6.45, 7) is 1.96. The van der Waals surface area contributed by atoms with E-state index in [1.807, 2.05) is 24.3 Å². The summed E-state index contributed by atoms with van der Waals surface area (Å²) >= 11 is 0. The molecule has 7 nitrogen and oxygen atoms in total. The highest BCUT2D eigenvalue weighted by molar-refractivity contribution is 5.84. The highest BCUT2D eigenvalue weighted by atomic mass is 16.5. The van der Waals surface area contributed by atoms with E-state index in [-0.39, 0.29) is 31.0 Å². The van der Waals surface area contributed by atoms with Gasteiger partial charge >= 0.3 is 12.1 Å². The van der Waals surface area contributed by atoms with Crippen molar-refractivity contribution >= 4 is 18.0 Å². The first-order valence-electron chi connectivity index (χ1n) is 11.1. The predicted octanol–water partition coefficient (Wildman–Crippen LogP) is 3.63. The van der Waals surface area contributed by atoms with Gasteiger partial charge in [-0.15, -0.1) is 0 Å². The zero-order valence-electron chi connectivity index (χ0n) is 18.1. The quantitative estimate of drug-likeness (QED) is 0.691. The number of carboxylic acid groups (broad SMARTS) is 1. The van der Waals surface area contributed by atoms with Crippen LogP contribution in [-0.4, -0.2) is 53.7 Å². The minimum absolute atomic E-state index is 0.0275. The van der Waals surface area contributed by atoms with E-state index in [4.69, 9.17) is 9.84 Å². The molecule has 1 fully saturated rings. The number of carbonyl (C=O) groups excluding carboxylic acids is 2. The summed E-state index contributed by atoms with van der Waals surface area (Å²) in [5.74, 6) is -1.72. The molecule has 32 heavy (non-hydrogen) atoms. The minimum Gasteiger partial charge on any atom is -0.480 e. The van der Waals surface area contributed by atoms with Crippen molar-refractivity contribution in [3.63, 3.8) is 0 Å². The van der Waals surface area contributed by atoms with Gasteiger partial charge in [-0.1, -0.05) is 55.0 Å². The Kier molecular flexibility index (Phi) is 6.44. The molecule has 168 valence electrons. The molecule has 2 amide bonds. The lowest BCUT2D eigenvalue weighted by Gasteiger charge is -2.26. The van der Waals surface area contributed by atoms with Gasteiger partial charge in [0.2, 0.25) is 5.91 Å². The monoisotopic (exact) mass is 436 g/mol. The summed E-state index contributed by atoms with van der Waals surface area (Å²) in [4.78, 5) is 37.8. The molecule has 7 heteroatoms. The van der Waals surface area contributed by atoms with Crippen LogP contribution in [0.3, 0.4) is 0 Å². The Bertz CT molecular complexity index is 975. The molecule has 4 rings (SSSR count). The summed E-state index contributed by atoms with van der Waals surface area (Å²) in [7, 11) is 0. The number of aliphatic carboxylic acids is 1. The first-order chi connectivity index (χ1) is 15.5. The second kappa shape index (κ2) is 9.42. The standard InChI is InChI=1S/C25H28N2O5/c1-2-27(14-23(28)29)24(30)20-12-7-13-22(20)26-25(31)32-15-21-18-10-5-3-8-16(18)17-9-4-6-11-19(17)21/h3-6,8-11,20-22H,2,7,12-15H2,1H3,(H,26,31)(H,28,29)/t20-,22+/m1/s1. The molecule has 0 aromatic heterocycles. The topological polar surface area (TPSA) is 95.9 Å². The molecule has 0 heterocycles. The Morgan fingerprint density at radius 1 is 1.03 bits per heavy atom. The maximum Gasteiger partial charge on any atom is 0.407 e. The average Bonchev–Trinajstić information content (AvgIpc) is 3.38. The van der Waals surface area contributed by atoms with E-state index in [0.29, 0.717) is 19.4 Å². The van der Waals surface area contributed by atoms with Crippen molar-refractivity contribution in [2.24, 2.45) is 5.92 Å². The first-order valence-corrected chi connectivity index (χ1v) is 11.1. The summed E-state index contributed by atoms with van der Waals surface area (Å²) < 4.78 is 5.61. The molecule has 0 saturated heterocycles. The number of benzene rings is 2. The van der Waals surface area contributed by atoms with Gasteiger partial charge in [-0.25, -0.2) is 4.79 Å². The number of hydrogen-bond acceptors (Lipinski definition) is 4. The van der Waals surface area contributed by atoms with Gasteiger partial charge in [0.1, 0.15) is 13.2 Å². The molecule has 2 aromatic carbocycles. The minimum atomic E-state index is -1.04. The molecule has 0 unspecified atom stereocenters. The number of likely N-dealkylation sites (N-methyl/N-ethyl adjacent to an activating group) is 1. The van der Waals surface area contributed by atoms with Crippen LogP contribution in [0.5, 0.6) is 0 Å². The van der Waals surface area contributed by atoms with E-state index in [1.165, 1.54) is 4.90 Å². The van der Waals surface area contributed by atoms with E-state index >= 15 is 0 Å². The third kappa shape index (κ3) is 4.33. The number of carbonyl (C=O) groups is 3. The van der Waals surface area contributed by atoms with E-state index in [2.05, 4.69) is 29.6 Å². The van der Waals surface area contributed by atoms with Gasteiger partial charge in [0.05, 0.1) is 5.92 Å². The number of amides is 2. The fraction of sp³-hybridized carbons (Fsp3) is 0.400. The van der Waals surface area contributed by atoms with Crippen molar-refractivity contribution in [3.8, 4) is 11.1 Å². The number of fused-ring (bicyclic) bond motifs is 3. The van der Waals surface area contributed by atoms with Crippen LogP contribution in [0.15, 0.2) is 48.5 Å². The first kappa shape index (κ1) is 21.9. The van der Waals surface area contributed by atoms with Crippen LogP contribution in [0.25, 0.3) is 11.1 Å². The second-order valence-corrected chi connectivity index (χ2v) is 8.36. The lowest BCUT2D eigenvalue weighted by Crippen LogP contribution is -2.47. The van der Waals surface area contributed by atoms with Crippen molar-refractivity contribution in [3.05, 3.63) is 59.7 Å². The van der Waals surface area contributed by atoms with Crippen molar-refractivity contribution in [1.29, 1.82) is 0 Å². The highest BCUT2D eigenvalue weighted by Crippen LogP contribution is 2.44. The third-order valence-electron chi connectivity index (χ3n) is 6.50. The lowest BCUT2D eigenvalue weighted by molar-refractivity contribution is -0.146. The molecule has 0 aliphatic heterocycles. The molecule has 2 aromatic rings. The van der Waals surface area contributed by atoms with Gasteiger partial charge in [-0.2, -0.15) is 0 Å². The fourth-order valence-electron chi connectivity index (χ4n) is 4.96. The van der Waals surface area contributed by atoms with Gasteiger partial charge in [0, 0.05) is 18.5 Å². The number of nitrogens with one attached hydrogen (secondary N) is 1. The highest BCUT2D eigenvalue weighted by Gasteiger charge is 2.37. The number of rotatable bonds is 7. The Morgan fingerprint density at radius 2 is 1.66 bits per heavy atom. The molecule has 2 aliphatic carbocycles. The predicted molar refractivity (Wildman–Crippen MR) is 119 cm³/mol. The van der Waals surface area contributed by atoms with Crippen molar-refractivity contribution < 1.29 is 24.2 Å². The van der Waals surface area contributed by atoms with Crippen LogP contribution in [0.1, 0.15) is 43.2 Å². The van der Waals surface area contributed by atoms with Crippen molar-refractivity contribution in [1.82, 2.24) is 10.2 Å². The van der Waals surface area contributed by atoms with Crippen LogP contribution < -0.4 is 5.32 Å². The summed E-state index contributed by atoms with van der Waals surface area (Å²) in [5.41, 5.74) is 4.61. The summed E-state index contributed by atoms with van der Waals surface area (Å²) in [6.07, 6.45) is 1.56. The Balaban J connectivity index is 1.39. The molecule has 0 bridgehead atoms. The molecule has 2 atom stereocenters. The molecule has 2 N–H and O–H groups in total. The smallest absolute Gasteiger partial charge is 0.407 e. The Hall–Kier alpha value is -3.35. The van der Waals surface area contributed by atoms with Gasteiger partial charge < -0.3 is 20.1 Å². The zero-order chi connectivity index (χ0) is 22.7. The Morgan fingerprint density at radius 3 is 2.25 bits per heavy atom. The third-order valence-corrected chi connectivity index (χ3v) is 6.50. The van der Waals surface area contributed by atoms with Crippen LogP contribution in [0.2, 0.25) is 0 Å². The fourth-order valence-corrected chi connectivity index (χ4v) is 4.96. The second-order valence-electron chi connectivity index (χ2n) is 8.36. The molecule has 0 radical (unpaired) electrons. The van der Waals surface area contributed by atoms with Crippen LogP contribution in [0, 0.1) is 5.92 Å². The Labute approximate surface area is 187 Å². The van der Waals surface area contributed by atoms with Gasteiger partial charge in [-0.3, -0.25) is 9.59 Å². The van der Waals surface area contributed by atoms with E-state index in [1.54, 1.807) is 6.92 Å². The van der Waals surface area contributed by atoms with Gasteiger partial charge in [-0.05, 0) is 42.0 Å². The number of carboxylic acids is 1.